The lowest BCUT2D eigenvalue weighted by atomic mass is 10.2. The summed E-state index contributed by atoms with van der Waals surface area (Å²) in [6, 6.07) is 7.68. The summed E-state index contributed by atoms with van der Waals surface area (Å²) in [4.78, 5) is 0. The van der Waals surface area contributed by atoms with E-state index >= 15 is 0 Å². The van der Waals surface area contributed by atoms with Gasteiger partial charge in [0, 0.05) is 10.8 Å². The van der Waals surface area contributed by atoms with Crippen molar-refractivity contribution >= 4 is 22.4 Å². The molecule has 0 saturated carbocycles. The number of ether oxygens (including phenoxy) is 1. The standard InChI is InChI=1S/C13H13ClN2O/c1-2-3-6-9-17-13-11-8-5-4-7-10(11)12(14)15-16-13/h2,4-5,7-8H,1,3,6,9H2. The summed E-state index contributed by atoms with van der Waals surface area (Å²) in [6.07, 6.45) is 3.72. The van der Waals surface area contributed by atoms with Crippen molar-refractivity contribution in [1.82, 2.24) is 10.2 Å². The summed E-state index contributed by atoms with van der Waals surface area (Å²) >= 11 is 5.97. The third-order valence-electron chi connectivity index (χ3n) is 2.40. The largest absolute Gasteiger partial charge is 0.476 e. The molecular weight excluding hydrogens is 236 g/mol. The van der Waals surface area contributed by atoms with E-state index in [1.54, 1.807) is 0 Å². The average Bonchev–Trinajstić information content (AvgIpc) is 2.37. The number of allylic oxidation sites excluding steroid dienone is 1. The number of hydrogen-bond donors (Lipinski definition) is 0. The van der Waals surface area contributed by atoms with Gasteiger partial charge in [-0.15, -0.1) is 16.8 Å². The highest BCUT2D eigenvalue weighted by atomic mass is 35.5. The molecular formula is C13H13ClN2O. The number of halogens is 1. The number of nitrogens with zero attached hydrogens (tertiary/aromatic N) is 2. The van der Waals surface area contributed by atoms with E-state index in [2.05, 4.69) is 16.8 Å². The van der Waals surface area contributed by atoms with Gasteiger partial charge in [0.25, 0.3) is 0 Å². The smallest absolute Gasteiger partial charge is 0.241 e. The molecule has 0 N–H and O–H groups in total. The minimum Gasteiger partial charge on any atom is -0.476 e. The molecule has 0 aliphatic carbocycles. The van der Waals surface area contributed by atoms with Crippen molar-refractivity contribution in [3.05, 3.63) is 42.1 Å². The lowest BCUT2D eigenvalue weighted by Crippen LogP contribution is -2.00. The second-order valence-corrected chi connectivity index (χ2v) is 3.98. The van der Waals surface area contributed by atoms with Crippen LogP contribution in [-0.4, -0.2) is 16.8 Å². The second-order valence-electron chi connectivity index (χ2n) is 3.62. The molecule has 2 rings (SSSR count). The Morgan fingerprint density at radius 1 is 1.24 bits per heavy atom. The van der Waals surface area contributed by atoms with E-state index in [4.69, 9.17) is 16.3 Å². The highest BCUT2D eigenvalue weighted by molar-refractivity contribution is 6.34. The number of benzene rings is 1. The summed E-state index contributed by atoms with van der Waals surface area (Å²) in [5.41, 5.74) is 0. The van der Waals surface area contributed by atoms with Crippen LogP contribution in [0.5, 0.6) is 5.88 Å². The first-order valence-electron chi connectivity index (χ1n) is 5.47. The minimum absolute atomic E-state index is 0.402. The molecule has 0 aliphatic rings. The Balaban J connectivity index is 2.22. The maximum absolute atomic E-state index is 5.97. The van der Waals surface area contributed by atoms with Crippen LogP contribution in [0.2, 0.25) is 5.15 Å². The van der Waals surface area contributed by atoms with E-state index < -0.39 is 0 Å². The summed E-state index contributed by atoms with van der Waals surface area (Å²) in [5, 5.41) is 10.0. The molecule has 0 spiro atoms. The van der Waals surface area contributed by atoms with E-state index in [1.807, 2.05) is 30.3 Å². The molecule has 0 bridgehead atoms. The minimum atomic E-state index is 0.402. The zero-order valence-corrected chi connectivity index (χ0v) is 10.2. The van der Waals surface area contributed by atoms with Crippen molar-refractivity contribution in [2.24, 2.45) is 0 Å². The highest BCUT2D eigenvalue weighted by Crippen LogP contribution is 2.26. The lowest BCUT2D eigenvalue weighted by molar-refractivity contribution is 0.301. The Hall–Kier alpha value is -1.61. The molecule has 17 heavy (non-hydrogen) atoms. The van der Waals surface area contributed by atoms with Gasteiger partial charge in [-0.05, 0) is 18.9 Å². The second kappa shape index (κ2) is 5.64. The highest BCUT2D eigenvalue weighted by Gasteiger charge is 2.07. The normalized spacial score (nSPS) is 10.4. The zero-order chi connectivity index (χ0) is 12.1. The van der Waals surface area contributed by atoms with Gasteiger partial charge in [0.1, 0.15) is 0 Å². The molecule has 1 aromatic carbocycles. The van der Waals surface area contributed by atoms with Gasteiger partial charge in [-0.3, -0.25) is 0 Å². The van der Waals surface area contributed by atoms with Gasteiger partial charge in [-0.25, -0.2) is 0 Å². The first-order chi connectivity index (χ1) is 8.33. The average molecular weight is 249 g/mol. The van der Waals surface area contributed by atoms with E-state index in [0.717, 1.165) is 23.6 Å². The summed E-state index contributed by atoms with van der Waals surface area (Å²) < 4.78 is 5.60. The lowest BCUT2D eigenvalue weighted by Gasteiger charge is -2.07. The van der Waals surface area contributed by atoms with Crippen LogP contribution in [0.3, 0.4) is 0 Å². The van der Waals surface area contributed by atoms with E-state index in [9.17, 15) is 0 Å². The van der Waals surface area contributed by atoms with Gasteiger partial charge >= 0.3 is 0 Å². The van der Waals surface area contributed by atoms with Crippen molar-refractivity contribution in [3.63, 3.8) is 0 Å². The quantitative estimate of drug-likeness (QED) is 0.599. The molecule has 0 unspecified atom stereocenters. The van der Waals surface area contributed by atoms with Gasteiger partial charge in [0.05, 0.1) is 6.61 Å². The van der Waals surface area contributed by atoms with Gasteiger partial charge in [0.15, 0.2) is 5.15 Å². The summed E-state index contributed by atoms with van der Waals surface area (Å²) in [7, 11) is 0. The number of rotatable bonds is 5. The van der Waals surface area contributed by atoms with Crippen LogP contribution in [0.1, 0.15) is 12.8 Å². The number of aromatic nitrogens is 2. The summed E-state index contributed by atoms with van der Waals surface area (Å²) in [6.45, 7) is 4.27. The van der Waals surface area contributed by atoms with Crippen LogP contribution in [0, 0.1) is 0 Å². The monoisotopic (exact) mass is 248 g/mol. The van der Waals surface area contributed by atoms with Crippen LogP contribution >= 0.6 is 11.6 Å². The third-order valence-corrected chi connectivity index (χ3v) is 2.68. The number of unbranched alkanes of at least 4 members (excludes halogenated alkanes) is 1. The maximum atomic E-state index is 5.97. The van der Waals surface area contributed by atoms with Gasteiger partial charge in [-0.2, -0.15) is 0 Å². The molecule has 0 fully saturated rings. The number of hydrogen-bond acceptors (Lipinski definition) is 3. The number of fused-ring (bicyclic) bond motifs is 1. The predicted molar refractivity (Wildman–Crippen MR) is 69.5 cm³/mol. The molecule has 1 aromatic heterocycles. The third kappa shape index (κ3) is 2.74. The fourth-order valence-corrected chi connectivity index (χ4v) is 1.75. The summed E-state index contributed by atoms with van der Waals surface area (Å²) in [5.74, 6) is 0.536. The molecule has 0 saturated heterocycles. The molecule has 4 heteroatoms. The Bertz CT molecular complexity index is 528. The molecule has 3 nitrogen and oxygen atoms in total. The van der Waals surface area contributed by atoms with Crippen molar-refractivity contribution in [1.29, 1.82) is 0 Å². The van der Waals surface area contributed by atoms with Crippen LogP contribution in [0.4, 0.5) is 0 Å². The molecule has 0 atom stereocenters. The topological polar surface area (TPSA) is 35.0 Å². The zero-order valence-electron chi connectivity index (χ0n) is 9.40. The predicted octanol–water partition coefficient (Wildman–Crippen LogP) is 3.63. The van der Waals surface area contributed by atoms with Gasteiger partial charge < -0.3 is 4.74 Å². The molecule has 2 aromatic rings. The van der Waals surface area contributed by atoms with Crippen molar-refractivity contribution in [3.8, 4) is 5.88 Å². The Morgan fingerprint density at radius 2 is 2.00 bits per heavy atom. The van der Waals surface area contributed by atoms with Gasteiger partial charge in [-0.1, -0.05) is 35.9 Å². The van der Waals surface area contributed by atoms with E-state index in [-0.39, 0.29) is 0 Å². The van der Waals surface area contributed by atoms with E-state index in [0.29, 0.717) is 17.6 Å². The fourth-order valence-electron chi connectivity index (χ4n) is 1.55. The van der Waals surface area contributed by atoms with Crippen LogP contribution in [0.25, 0.3) is 10.8 Å². The molecule has 0 aliphatic heterocycles. The SMILES string of the molecule is C=CCCCOc1nnc(Cl)c2ccccc12. The van der Waals surface area contributed by atoms with Crippen molar-refractivity contribution in [2.75, 3.05) is 6.61 Å². The Labute approximate surface area is 105 Å². The van der Waals surface area contributed by atoms with E-state index in [1.165, 1.54) is 0 Å². The Kier molecular flexibility index (Phi) is 3.94. The Morgan fingerprint density at radius 3 is 2.76 bits per heavy atom. The first kappa shape index (κ1) is 11.9. The maximum Gasteiger partial charge on any atom is 0.241 e. The van der Waals surface area contributed by atoms with Crippen LogP contribution < -0.4 is 4.74 Å². The molecule has 88 valence electrons. The van der Waals surface area contributed by atoms with Crippen LogP contribution in [0.15, 0.2) is 36.9 Å². The molecule has 1 heterocycles. The van der Waals surface area contributed by atoms with Crippen LogP contribution in [-0.2, 0) is 0 Å². The molecule has 0 amide bonds. The van der Waals surface area contributed by atoms with Crippen molar-refractivity contribution < 1.29 is 4.74 Å². The molecule has 0 radical (unpaired) electrons. The van der Waals surface area contributed by atoms with Gasteiger partial charge in [0.2, 0.25) is 5.88 Å². The van der Waals surface area contributed by atoms with Crippen molar-refractivity contribution in [2.45, 2.75) is 12.8 Å². The fraction of sp³-hybridized carbons (Fsp3) is 0.231. The first-order valence-corrected chi connectivity index (χ1v) is 5.85.